The van der Waals surface area contributed by atoms with E-state index in [-0.39, 0.29) is 0 Å². The van der Waals surface area contributed by atoms with Crippen molar-refractivity contribution in [2.24, 2.45) is 0 Å². The molecule has 1 aliphatic heterocycles. The van der Waals surface area contributed by atoms with Gasteiger partial charge in [-0.2, -0.15) is 0 Å². The van der Waals surface area contributed by atoms with Gasteiger partial charge in [0, 0.05) is 6.42 Å². The largest absolute Gasteiger partial charge is 0.479 e. The number of carboxylic acids is 2. The van der Waals surface area contributed by atoms with Crippen LogP contribution in [0.3, 0.4) is 0 Å². The third kappa shape index (κ3) is 4.37. The van der Waals surface area contributed by atoms with E-state index in [9.17, 15) is 35.1 Å². The van der Waals surface area contributed by atoms with Crippen LogP contribution in [0.1, 0.15) is 6.42 Å². The molecule has 6 unspecified atom stereocenters. The molecule has 0 aromatic carbocycles. The molecule has 1 saturated heterocycles. The maximum Gasteiger partial charge on any atom is 0.347 e. The van der Waals surface area contributed by atoms with Crippen LogP contribution in [0.5, 0.6) is 0 Å². The zero-order valence-corrected chi connectivity index (χ0v) is 12.3. The van der Waals surface area contributed by atoms with Crippen molar-refractivity contribution in [2.45, 2.75) is 48.8 Å². The summed E-state index contributed by atoms with van der Waals surface area (Å²) in [6.45, 7) is -1.46. The van der Waals surface area contributed by atoms with Crippen molar-refractivity contribution in [3.63, 3.8) is 0 Å². The van der Waals surface area contributed by atoms with Gasteiger partial charge < -0.3 is 50.3 Å². The molecule has 1 rings (SSSR count). The fourth-order valence-corrected chi connectivity index (χ4v) is 2.08. The molecule has 0 aromatic heterocycles. The smallest absolute Gasteiger partial charge is 0.347 e. The summed E-state index contributed by atoms with van der Waals surface area (Å²) >= 11 is 0. The van der Waals surface area contributed by atoms with Gasteiger partial charge >= 0.3 is 11.9 Å². The molecule has 0 radical (unpaired) electrons. The first-order chi connectivity index (χ1) is 11.0. The second-order valence-electron chi connectivity index (χ2n) is 5.36. The molecular weight excluding hydrogens is 336 g/mol. The summed E-state index contributed by atoms with van der Waals surface area (Å²) < 4.78 is 9.88. The van der Waals surface area contributed by atoms with E-state index in [1.165, 1.54) is 0 Å². The molecule has 140 valence electrons. The predicted octanol–water partition coefficient (Wildman–Crippen LogP) is -4.55. The van der Waals surface area contributed by atoms with Crippen LogP contribution in [-0.4, -0.2) is 108 Å². The minimum atomic E-state index is -3.24. The molecule has 0 bridgehead atoms. The van der Waals surface area contributed by atoms with E-state index in [1.54, 1.807) is 0 Å². The molecule has 1 fully saturated rings. The quantitative estimate of drug-likeness (QED) is 0.193. The predicted molar refractivity (Wildman–Crippen MR) is 70.6 cm³/mol. The summed E-state index contributed by atoms with van der Waals surface area (Å²) in [4.78, 5) is 21.6. The van der Waals surface area contributed by atoms with Gasteiger partial charge in [-0.25, -0.2) is 9.59 Å². The van der Waals surface area contributed by atoms with E-state index >= 15 is 0 Å². The Kier molecular flexibility index (Phi) is 7.00. The van der Waals surface area contributed by atoms with E-state index < -0.39 is 74.0 Å². The summed E-state index contributed by atoms with van der Waals surface area (Å²) in [6.07, 6.45) is -10.8. The first kappa shape index (κ1) is 20.7. The fourth-order valence-electron chi connectivity index (χ4n) is 2.08. The number of hydrogen-bond acceptors (Lipinski definition) is 10. The number of aliphatic carboxylic acids is 2. The SMILES string of the molecule is O=C(O)C(O)(CC(O)COC1OC(CO)C(O)C(O)C1O)C(=O)O. The molecule has 24 heavy (non-hydrogen) atoms. The van der Waals surface area contributed by atoms with Crippen molar-refractivity contribution in [2.75, 3.05) is 13.2 Å². The molecule has 12 heteroatoms. The van der Waals surface area contributed by atoms with E-state index in [1.807, 2.05) is 0 Å². The number of ether oxygens (including phenoxy) is 2. The van der Waals surface area contributed by atoms with Crippen molar-refractivity contribution in [3.8, 4) is 0 Å². The lowest BCUT2D eigenvalue weighted by atomic mass is 9.96. The van der Waals surface area contributed by atoms with Crippen molar-refractivity contribution in [1.29, 1.82) is 0 Å². The maximum atomic E-state index is 10.8. The Bertz CT molecular complexity index is 437. The molecule has 6 atom stereocenters. The van der Waals surface area contributed by atoms with Gasteiger partial charge in [-0.3, -0.25) is 0 Å². The number of aliphatic hydroxyl groups excluding tert-OH is 5. The average molecular weight is 356 g/mol. The van der Waals surface area contributed by atoms with Crippen molar-refractivity contribution >= 4 is 11.9 Å². The summed E-state index contributed by atoms with van der Waals surface area (Å²) in [5, 5.41) is 74.3. The maximum absolute atomic E-state index is 10.8. The van der Waals surface area contributed by atoms with Crippen LogP contribution in [0.4, 0.5) is 0 Å². The second kappa shape index (κ2) is 8.13. The van der Waals surface area contributed by atoms with E-state index in [0.717, 1.165) is 0 Å². The van der Waals surface area contributed by atoms with Gasteiger partial charge in [-0.1, -0.05) is 0 Å². The minimum Gasteiger partial charge on any atom is -0.479 e. The number of carboxylic acid groups (broad SMARTS) is 2. The number of hydrogen-bond donors (Lipinski definition) is 8. The van der Waals surface area contributed by atoms with Crippen LogP contribution in [0.2, 0.25) is 0 Å². The first-order valence-electron chi connectivity index (χ1n) is 6.84. The highest BCUT2D eigenvalue weighted by atomic mass is 16.7. The highest BCUT2D eigenvalue weighted by Crippen LogP contribution is 2.23. The lowest BCUT2D eigenvalue weighted by molar-refractivity contribution is -0.305. The zero-order chi connectivity index (χ0) is 18.7. The van der Waals surface area contributed by atoms with Crippen LogP contribution in [-0.2, 0) is 19.1 Å². The standard InChI is InChI=1S/C12H20O12/c13-2-5-6(15)7(16)8(17)9(24-5)23-3-4(14)1-12(22,10(18)19)11(20)21/h4-9,13-17,22H,1-3H2,(H,18,19)(H,20,21). The number of rotatable bonds is 8. The highest BCUT2D eigenvalue weighted by Gasteiger charge is 2.47. The van der Waals surface area contributed by atoms with Gasteiger partial charge in [0.2, 0.25) is 0 Å². The molecule has 0 spiro atoms. The van der Waals surface area contributed by atoms with Gasteiger partial charge in [0.05, 0.1) is 19.3 Å². The molecule has 0 aromatic rings. The average Bonchev–Trinajstić information content (AvgIpc) is 2.51. The van der Waals surface area contributed by atoms with Gasteiger partial charge in [-0.15, -0.1) is 0 Å². The molecule has 1 aliphatic rings. The van der Waals surface area contributed by atoms with Gasteiger partial charge in [0.25, 0.3) is 5.60 Å². The lowest BCUT2D eigenvalue weighted by Gasteiger charge is -2.39. The number of aliphatic hydroxyl groups is 6. The lowest BCUT2D eigenvalue weighted by Crippen LogP contribution is -2.59. The fraction of sp³-hybridized carbons (Fsp3) is 0.833. The van der Waals surface area contributed by atoms with Crippen molar-refractivity contribution < 1.29 is 59.9 Å². The zero-order valence-electron chi connectivity index (χ0n) is 12.3. The Morgan fingerprint density at radius 1 is 1.08 bits per heavy atom. The van der Waals surface area contributed by atoms with E-state index in [0.29, 0.717) is 0 Å². The summed E-state index contributed by atoms with van der Waals surface area (Å²) in [5.41, 5.74) is -3.24. The summed E-state index contributed by atoms with van der Waals surface area (Å²) in [6, 6.07) is 0. The Morgan fingerprint density at radius 3 is 2.08 bits per heavy atom. The van der Waals surface area contributed by atoms with Crippen molar-refractivity contribution in [3.05, 3.63) is 0 Å². The number of carbonyl (C=O) groups is 2. The molecule has 0 aliphatic carbocycles. The van der Waals surface area contributed by atoms with Crippen LogP contribution >= 0.6 is 0 Å². The molecule has 0 amide bonds. The second-order valence-corrected chi connectivity index (χ2v) is 5.36. The monoisotopic (exact) mass is 356 g/mol. The van der Waals surface area contributed by atoms with E-state index in [2.05, 4.69) is 0 Å². The Morgan fingerprint density at radius 2 is 1.62 bits per heavy atom. The Balaban J connectivity index is 2.64. The topological polar surface area (TPSA) is 214 Å². The van der Waals surface area contributed by atoms with Crippen LogP contribution in [0, 0.1) is 0 Å². The van der Waals surface area contributed by atoms with Gasteiger partial charge in [-0.05, 0) is 0 Å². The highest BCUT2D eigenvalue weighted by molar-refractivity contribution is 6.01. The summed E-state index contributed by atoms with van der Waals surface area (Å²) in [7, 11) is 0. The normalized spacial score (nSPS) is 32.3. The van der Waals surface area contributed by atoms with Gasteiger partial charge in [0.15, 0.2) is 6.29 Å². The molecule has 1 heterocycles. The first-order valence-corrected chi connectivity index (χ1v) is 6.84. The van der Waals surface area contributed by atoms with Crippen LogP contribution in [0.25, 0.3) is 0 Å². The minimum absolute atomic E-state index is 0.703. The van der Waals surface area contributed by atoms with E-state index in [4.69, 9.17) is 24.8 Å². The van der Waals surface area contributed by atoms with Crippen LogP contribution in [0.15, 0.2) is 0 Å². The molecular formula is C12H20O12. The molecule has 8 N–H and O–H groups in total. The Hall–Kier alpha value is -1.38. The third-order valence-corrected chi connectivity index (χ3v) is 3.54. The summed E-state index contributed by atoms with van der Waals surface area (Å²) in [5.74, 6) is -4.16. The molecule has 12 nitrogen and oxygen atoms in total. The third-order valence-electron chi connectivity index (χ3n) is 3.54. The van der Waals surface area contributed by atoms with Crippen LogP contribution < -0.4 is 0 Å². The van der Waals surface area contributed by atoms with Crippen molar-refractivity contribution in [1.82, 2.24) is 0 Å². The Labute approximate surface area is 135 Å². The molecule has 0 saturated carbocycles. The van der Waals surface area contributed by atoms with Gasteiger partial charge in [0.1, 0.15) is 24.4 Å².